The zero-order valence-electron chi connectivity index (χ0n) is 6.18. The van der Waals surface area contributed by atoms with E-state index in [1.807, 2.05) is 0 Å². The van der Waals surface area contributed by atoms with E-state index in [4.69, 9.17) is 17.3 Å². The first-order chi connectivity index (χ1) is 5.61. The largest absolute Gasteiger partial charge is 0.393 e. The number of halogens is 2. The SMILES string of the molecule is NC(=S)Cc1c(F)cccc1Cl. The monoisotopic (exact) mass is 203 g/mol. The lowest BCUT2D eigenvalue weighted by Crippen LogP contribution is -2.12. The lowest BCUT2D eigenvalue weighted by Gasteiger charge is -2.03. The smallest absolute Gasteiger partial charge is 0.128 e. The second-order valence-electron chi connectivity index (χ2n) is 2.34. The zero-order valence-corrected chi connectivity index (χ0v) is 7.75. The minimum Gasteiger partial charge on any atom is -0.393 e. The summed E-state index contributed by atoms with van der Waals surface area (Å²) in [6.07, 6.45) is 0.209. The number of nitrogens with two attached hydrogens (primary N) is 1. The number of benzene rings is 1. The van der Waals surface area contributed by atoms with E-state index in [2.05, 4.69) is 12.2 Å². The van der Waals surface area contributed by atoms with Crippen molar-refractivity contribution in [2.24, 2.45) is 5.73 Å². The van der Waals surface area contributed by atoms with Gasteiger partial charge in [0.15, 0.2) is 0 Å². The molecule has 0 heterocycles. The Bertz CT molecular complexity index is 294. The van der Waals surface area contributed by atoms with E-state index in [0.29, 0.717) is 10.6 Å². The molecule has 0 saturated heterocycles. The molecule has 1 rings (SSSR count). The van der Waals surface area contributed by atoms with Gasteiger partial charge in [0.05, 0.1) is 4.99 Å². The number of thiocarbonyl (C=S) groups is 1. The number of hydrogen-bond acceptors (Lipinski definition) is 1. The molecule has 64 valence electrons. The molecule has 0 spiro atoms. The molecule has 1 aromatic carbocycles. The molecule has 0 aromatic heterocycles. The van der Waals surface area contributed by atoms with Gasteiger partial charge in [0, 0.05) is 17.0 Å². The summed E-state index contributed by atoms with van der Waals surface area (Å²) in [5.41, 5.74) is 5.64. The minimum absolute atomic E-state index is 0.209. The van der Waals surface area contributed by atoms with Crippen molar-refractivity contribution in [1.29, 1.82) is 0 Å². The molecular weight excluding hydrogens is 197 g/mol. The van der Waals surface area contributed by atoms with E-state index >= 15 is 0 Å². The molecule has 0 saturated carbocycles. The van der Waals surface area contributed by atoms with Gasteiger partial charge in [-0.05, 0) is 12.1 Å². The third-order valence-corrected chi connectivity index (χ3v) is 1.91. The second-order valence-corrected chi connectivity index (χ2v) is 3.27. The van der Waals surface area contributed by atoms with Gasteiger partial charge in [0.1, 0.15) is 5.82 Å². The lowest BCUT2D eigenvalue weighted by atomic mass is 10.1. The highest BCUT2D eigenvalue weighted by molar-refractivity contribution is 7.80. The summed E-state index contributed by atoms with van der Waals surface area (Å²) < 4.78 is 13.0. The Morgan fingerprint density at radius 3 is 2.75 bits per heavy atom. The summed E-state index contributed by atoms with van der Waals surface area (Å²) in [4.78, 5) is 0.238. The molecule has 0 radical (unpaired) electrons. The normalized spacial score (nSPS) is 9.83. The Kier molecular flexibility index (Phi) is 3.00. The molecule has 0 bridgehead atoms. The second kappa shape index (κ2) is 3.83. The van der Waals surface area contributed by atoms with Crippen LogP contribution in [0.25, 0.3) is 0 Å². The number of hydrogen-bond donors (Lipinski definition) is 1. The fourth-order valence-electron chi connectivity index (χ4n) is 0.875. The maximum atomic E-state index is 13.0. The van der Waals surface area contributed by atoms with Crippen molar-refractivity contribution in [1.82, 2.24) is 0 Å². The quantitative estimate of drug-likeness (QED) is 0.747. The minimum atomic E-state index is -0.365. The van der Waals surface area contributed by atoms with Crippen LogP contribution in [-0.4, -0.2) is 4.99 Å². The van der Waals surface area contributed by atoms with Crippen molar-refractivity contribution in [3.63, 3.8) is 0 Å². The van der Waals surface area contributed by atoms with Gasteiger partial charge in [-0.2, -0.15) is 0 Å². The van der Waals surface area contributed by atoms with Gasteiger partial charge >= 0.3 is 0 Å². The van der Waals surface area contributed by atoms with Crippen LogP contribution in [0.2, 0.25) is 5.02 Å². The van der Waals surface area contributed by atoms with Gasteiger partial charge in [-0.1, -0.05) is 29.9 Å². The van der Waals surface area contributed by atoms with Crippen molar-refractivity contribution >= 4 is 28.8 Å². The maximum absolute atomic E-state index is 13.0. The van der Waals surface area contributed by atoms with Gasteiger partial charge in [-0.25, -0.2) is 4.39 Å². The first-order valence-corrected chi connectivity index (χ1v) is 4.11. The molecule has 0 fully saturated rings. The Balaban J connectivity index is 3.04. The van der Waals surface area contributed by atoms with E-state index in [1.165, 1.54) is 6.07 Å². The van der Waals surface area contributed by atoms with Crippen LogP contribution in [0.1, 0.15) is 5.56 Å². The molecule has 12 heavy (non-hydrogen) atoms. The maximum Gasteiger partial charge on any atom is 0.128 e. The molecular formula is C8H7ClFNS. The van der Waals surface area contributed by atoms with Crippen LogP contribution < -0.4 is 5.73 Å². The summed E-state index contributed by atoms with van der Waals surface area (Å²) in [7, 11) is 0. The van der Waals surface area contributed by atoms with Crippen molar-refractivity contribution in [3.8, 4) is 0 Å². The molecule has 0 aliphatic heterocycles. The van der Waals surface area contributed by atoms with E-state index in [9.17, 15) is 4.39 Å². The Labute approximate surface area is 80.3 Å². The summed E-state index contributed by atoms with van der Waals surface area (Å²) in [6.45, 7) is 0. The molecule has 0 amide bonds. The number of rotatable bonds is 2. The molecule has 2 N–H and O–H groups in total. The van der Waals surface area contributed by atoms with Crippen LogP contribution in [-0.2, 0) is 6.42 Å². The molecule has 1 nitrogen and oxygen atoms in total. The first kappa shape index (κ1) is 9.42. The highest BCUT2D eigenvalue weighted by Gasteiger charge is 2.06. The lowest BCUT2D eigenvalue weighted by molar-refractivity contribution is 0.616. The molecule has 0 aliphatic carbocycles. The predicted octanol–water partition coefficient (Wildman–Crippen LogP) is 2.31. The topological polar surface area (TPSA) is 26.0 Å². The van der Waals surface area contributed by atoms with Crippen LogP contribution in [0.5, 0.6) is 0 Å². The zero-order chi connectivity index (χ0) is 9.14. The Morgan fingerprint density at radius 2 is 2.25 bits per heavy atom. The van der Waals surface area contributed by atoms with E-state index in [0.717, 1.165) is 0 Å². The van der Waals surface area contributed by atoms with Gasteiger partial charge in [-0.3, -0.25) is 0 Å². The summed E-state index contributed by atoms with van der Waals surface area (Å²) in [5.74, 6) is -0.365. The van der Waals surface area contributed by atoms with E-state index < -0.39 is 0 Å². The molecule has 0 atom stereocenters. The van der Waals surface area contributed by atoms with Crippen LogP contribution in [0, 0.1) is 5.82 Å². The van der Waals surface area contributed by atoms with Crippen LogP contribution in [0.4, 0.5) is 4.39 Å². The average Bonchev–Trinajstić information content (AvgIpc) is 1.97. The standard InChI is InChI=1S/C8H7ClFNS/c9-6-2-1-3-7(10)5(6)4-8(11)12/h1-3H,4H2,(H2,11,12). The Hall–Kier alpha value is -0.670. The summed E-state index contributed by atoms with van der Waals surface area (Å²) in [6, 6.07) is 4.48. The van der Waals surface area contributed by atoms with Crippen molar-refractivity contribution in [2.45, 2.75) is 6.42 Å². The van der Waals surface area contributed by atoms with Gasteiger partial charge in [0.25, 0.3) is 0 Å². The first-order valence-electron chi connectivity index (χ1n) is 3.32. The summed E-state index contributed by atoms with van der Waals surface area (Å²) >= 11 is 10.4. The fourth-order valence-corrected chi connectivity index (χ4v) is 1.25. The van der Waals surface area contributed by atoms with Crippen LogP contribution >= 0.6 is 23.8 Å². The third-order valence-electron chi connectivity index (χ3n) is 1.41. The molecule has 1 aromatic rings. The molecule has 0 aliphatic rings. The van der Waals surface area contributed by atoms with Crippen LogP contribution in [0.15, 0.2) is 18.2 Å². The van der Waals surface area contributed by atoms with Crippen molar-refractivity contribution in [3.05, 3.63) is 34.6 Å². The van der Waals surface area contributed by atoms with Crippen molar-refractivity contribution < 1.29 is 4.39 Å². The molecule has 4 heteroatoms. The van der Waals surface area contributed by atoms with Gasteiger partial charge in [-0.15, -0.1) is 0 Å². The van der Waals surface area contributed by atoms with Crippen molar-refractivity contribution in [2.75, 3.05) is 0 Å². The third kappa shape index (κ3) is 2.16. The Morgan fingerprint density at radius 1 is 1.58 bits per heavy atom. The summed E-state index contributed by atoms with van der Waals surface area (Å²) in [5, 5.41) is 0.364. The fraction of sp³-hybridized carbons (Fsp3) is 0.125. The molecule has 0 unspecified atom stereocenters. The van der Waals surface area contributed by atoms with Crippen LogP contribution in [0.3, 0.4) is 0 Å². The average molecular weight is 204 g/mol. The van der Waals surface area contributed by atoms with Gasteiger partial charge in [0.2, 0.25) is 0 Å². The predicted molar refractivity (Wildman–Crippen MR) is 51.9 cm³/mol. The highest BCUT2D eigenvalue weighted by Crippen LogP contribution is 2.19. The van der Waals surface area contributed by atoms with E-state index in [1.54, 1.807) is 12.1 Å². The van der Waals surface area contributed by atoms with Gasteiger partial charge < -0.3 is 5.73 Å². The van der Waals surface area contributed by atoms with E-state index in [-0.39, 0.29) is 17.2 Å². The highest BCUT2D eigenvalue weighted by atomic mass is 35.5.